The van der Waals surface area contributed by atoms with Crippen molar-refractivity contribution in [3.8, 4) is 0 Å². The van der Waals surface area contributed by atoms with Gasteiger partial charge in [0.25, 0.3) is 5.91 Å². The van der Waals surface area contributed by atoms with E-state index >= 15 is 0 Å². The number of benzene rings is 1. The van der Waals surface area contributed by atoms with Crippen LogP contribution in [-0.4, -0.2) is 33.2 Å². The summed E-state index contributed by atoms with van der Waals surface area (Å²) in [5.74, 6) is -0.263. The van der Waals surface area contributed by atoms with Crippen LogP contribution >= 0.6 is 0 Å². The lowest BCUT2D eigenvalue weighted by Gasteiger charge is -2.18. The maximum absolute atomic E-state index is 11.6. The molecule has 0 unspecified atom stereocenters. The highest BCUT2D eigenvalue weighted by molar-refractivity contribution is 6.04. The Hall–Kier alpha value is -1.96. The number of amides is 1. The van der Waals surface area contributed by atoms with E-state index in [9.17, 15) is 10.0 Å². The first-order valence-electron chi connectivity index (χ1n) is 5.34. The van der Waals surface area contributed by atoms with Crippen LogP contribution in [0.25, 0.3) is 10.9 Å². The number of fused-ring (bicyclic) bond motifs is 1. The van der Waals surface area contributed by atoms with Crippen LogP contribution in [-0.2, 0) is 13.6 Å². The third kappa shape index (κ3) is 2.19. The van der Waals surface area contributed by atoms with E-state index in [4.69, 9.17) is 5.21 Å². The Morgan fingerprint density at radius 1 is 1.61 bits per heavy atom. The number of carbonyl (C=O) groups is 1. The van der Waals surface area contributed by atoms with Gasteiger partial charge in [0, 0.05) is 26.0 Å². The Balaban J connectivity index is 2.52. The summed E-state index contributed by atoms with van der Waals surface area (Å²) in [5.41, 5.74) is 1.71. The second kappa shape index (κ2) is 4.73. The summed E-state index contributed by atoms with van der Waals surface area (Å²) in [6.45, 7) is -0.129. The van der Waals surface area contributed by atoms with E-state index in [1.165, 1.54) is 7.05 Å². The van der Waals surface area contributed by atoms with Gasteiger partial charge >= 0.3 is 0 Å². The third-order valence-electron chi connectivity index (χ3n) is 2.68. The number of aryl methyl sites for hydroxylation is 1. The van der Waals surface area contributed by atoms with Crippen LogP contribution in [0, 0.1) is 5.21 Å². The molecule has 2 N–H and O–H groups in total. The van der Waals surface area contributed by atoms with E-state index < -0.39 is 0 Å². The van der Waals surface area contributed by atoms with Crippen LogP contribution in [0.4, 0.5) is 0 Å². The van der Waals surface area contributed by atoms with Crippen LogP contribution in [0.3, 0.4) is 0 Å². The summed E-state index contributed by atoms with van der Waals surface area (Å²) in [6, 6.07) is 5.11. The molecule has 0 bridgehead atoms. The van der Waals surface area contributed by atoms with Gasteiger partial charge in [-0.2, -0.15) is 5.10 Å². The van der Waals surface area contributed by atoms with Crippen molar-refractivity contribution in [3.63, 3.8) is 0 Å². The van der Waals surface area contributed by atoms with Crippen LogP contribution < -0.4 is 5.32 Å². The van der Waals surface area contributed by atoms with Crippen molar-refractivity contribution >= 4 is 16.8 Å². The van der Waals surface area contributed by atoms with Crippen molar-refractivity contribution in [2.75, 3.05) is 7.05 Å². The van der Waals surface area contributed by atoms with E-state index in [0.29, 0.717) is 16.6 Å². The Kier molecular flexibility index (Phi) is 3.28. The van der Waals surface area contributed by atoms with Crippen LogP contribution in [0.1, 0.15) is 16.1 Å². The fourth-order valence-electron chi connectivity index (χ4n) is 1.84. The fraction of sp³-hybridized carbons (Fsp3) is 0.273. The summed E-state index contributed by atoms with van der Waals surface area (Å²) in [7, 11) is 3.25. The summed E-state index contributed by atoms with van der Waals surface area (Å²) in [6.07, 6.45) is 0. The fourth-order valence-corrected chi connectivity index (χ4v) is 1.84. The van der Waals surface area contributed by atoms with Gasteiger partial charge in [-0.15, -0.1) is 0 Å². The van der Waals surface area contributed by atoms with E-state index in [1.54, 1.807) is 29.9 Å². The number of rotatable bonds is 3. The molecule has 0 spiro atoms. The van der Waals surface area contributed by atoms with Gasteiger partial charge < -0.3 is 15.7 Å². The molecule has 0 radical (unpaired) electrons. The smallest absolute Gasteiger partial charge is 0.272 e. The quantitative estimate of drug-likeness (QED) is 0.778. The first kappa shape index (κ1) is 12.5. The second-order valence-corrected chi connectivity index (χ2v) is 3.91. The van der Waals surface area contributed by atoms with E-state index in [2.05, 4.69) is 10.4 Å². The zero-order valence-corrected chi connectivity index (χ0v) is 10.0. The molecule has 0 atom stereocenters. The Labute approximate surface area is 103 Å². The zero-order chi connectivity index (χ0) is 13.3. The lowest BCUT2D eigenvalue weighted by atomic mass is 10.1. The van der Waals surface area contributed by atoms with Gasteiger partial charge in [-0.3, -0.25) is 14.7 Å². The molecule has 2 rings (SSSR count). The minimum absolute atomic E-state index is 0.129. The molecule has 7 heteroatoms. The molecule has 1 aromatic carbocycles. The predicted octanol–water partition coefficient (Wildman–Crippen LogP) is 0.622. The lowest BCUT2D eigenvalue weighted by Crippen LogP contribution is -2.18. The topological polar surface area (TPSA) is 93.5 Å². The molecular formula is C11H13N4O3-. The molecule has 0 aliphatic carbocycles. The van der Waals surface area contributed by atoms with Gasteiger partial charge in [-0.05, 0) is 11.6 Å². The van der Waals surface area contributed by atoms with Crippen molar-refractivity contribution in [3.05, 3.63) is 34.7 Å². The van der Waals surface area contributed by atoms with Crippen molar-refractivity contribution in [1.29, 1.82) is 0 Å². The molecule has 1 aromatic heterocycles. The van der Waals surface area contributed by atoms with E-state index in [1.807, 2.05) is 0 Å². The van der Waals surface area contributed by atoms with Gasteiger partial charge in [0.05, 0.1) is 5.52 Å². The van der Waals surface area contributed by atoms with Gasteiger partial charge in [-0.25, -0.2) is 0 Å². The molecule has 96 valence electrons. The SMILES string of the molecule is CNC(=O)c1nn(C)c2cc(CN([O-])O)ccc12. The average molecular weight is 249 g/mol. The largest absolute Gasteiger partial charge is 0.762 e. The predicted molar refractivity (Wildman–Crippen MR) is 64.8 cm³/mol. The molecule has 18 heavy (non-hydrogen) atoms. The highest BCUT2D eigenvalue weighted by atomic mass is 16.8. The minimum Gasteiger partial charge on any atom is -0.762 e. The molecule has 0 aliphatic heterocycles. The normalized spacial score (nSPS) is 11.2. The Morgan fingerprint density at radius 2 is 2.33 bits per heavy atom. The van der Waals surface area contributed by atoms with Gasteiger partial charge in [0.2, 0.25) is 0 Å². The molecule has 1 heterocycles. The number of hydroxylamine groups is 2. The molecule has 0 saturated carbocycles. The van der Waals surface area contributed by atoms with Crippen LogP contribution in [0.2, 0.25) is 0 Å². The van der Waals surface area contributed by atoms with Crippen LogP contribution in [0.5, 0.6) is 0 Å². The molecule has 7 nitrogen and oxygen atoms in total. The van der Waals surface area contributed by atoms with Gasteiger partial charge in [0.15, 0.2) is 5.69 Å². The maximum atomic E-state index is 11.6. The number of aromatic nitrogens is 2. The maximum Gasteiger partial charge on any atom is 0.272 e. The summed E-state index contributed by atoms with van der Waals surface area (Å²) < 4.78 is 1.57. The zero-order valence-electron chi connectivity index (χ0n) is 10.0. The summed E-state index contributed by atoms with van der Waals surface area (Å²) in [5, 5.41) is 26.5. The monoisotopic (exact) mass is 249 g/mol. The highest BCUT2D eigenvalue weighted by Crippen LogP contribution is 2.20. The van der Waals surface area contributed by atoms with E-state index in [-0.39, 0.29) is 17.7 Å². The number of hydrogen-bond donors (Lipinski definition) is 2. The number of nitrogens with zero attached hydrogens (tertiary/aromatic N) is 3. The second-order valence-electron chi connectivity index (χ2n) is 3.91. The van der Waals surface area contributed by atoms with Gasteiger partial charge in [0.1, 0.15) is 0 Å². The molecule has 0 fully saturated rings. The molecular weight excluding hydrogens is 236 g/mol. The highest BCUT2D eigenvalue weighted by Gasteiger charge is 2.14. The van der Waals surface area contributed by atoms with Crippen molar-refractivity contribution in [1.82, 2.24) is 20.3 Å². The van der Waals surface area contributed by atoms with Gasteiger partial charge in [-0.1, -0.05) is 12.1 Å². The summed E-state index contributed by atoms with van der Waals surface area (Å²) in [4.78, 5) is 11.6. The third-order valence-corrected chi connectivity index (χ3v) is 2.68. The van der Waals surface area contributed by atoms with E-state index in [0.717, 1.165) is 5.52 Å². The van der Waals surface area contributed by atoms with Crippen molar-refractivity contribution in [2.24, 2.45) is 7.05 Å². The average Bonchev–Trinajstić information content (AvgIpc) is 2.65. The number of carbonyl (C=O) groups excluding carboxylic acids is 1. The standard InChI is InChI=1S/C11H13N4O3/c1-12-11(16)10-8-4-3-7(6-15(17)18)5-9(8)14(2)13-10/h3-5,17H,6H2,1-2H3,(H,12,16)/q-1. The Bertz CT molecular complexity index is 591. The number of hydrogen-bond acceptors (Lipinski definition) is 5. The minimum atomic E-state index is -0.263. The number of nitrogens with one attached hydrogen (secondary N) is 1. The first-order chi connectivity index (χ1) is 8.52. The molecule has 2 aromatic rings. The summed E-state index contributed by atoms with van der Waals surface area (Å²) >= 11 is 0. The molecule has 0 aliphatic rings. The molecule has 1 amide bonds. The van der Waals surface area contributed by atoms with Crippen molar-refractivity contribution in [2.45, 2.75) is 6.54 Å². The first-order valence-corrected chi connectivity index (χ1v) is 5.34. The van der Waals surface area contributed by atoms with Crippen molar-refractivity contribution < 1.29 is 10.0 Å². The molecule has 0 saturated heterocycles. The Morgan fingerprint density at radius 3 is 2.94 bits per heavy atom. The van der Waals surface area contributed by atoms with Crippen LogP contribution in [0.15, 0.2) is 18.2 Å². The lowest BCUT2D eigenvalue weighted by molar-refractivity contribution is -0.0487.